The van der Waals surface area contributed by atoms with Crippen LogP contribution in [0.1, 0.15) is 12.0 Å². The van der Waals surface area contributed by atoms with Gasteiger partial charge in [-0.15, -0.1) is 0 Å². The second kappa shape index (κ2) is 7.02. The number of rotatable bonds is 6. The number of methoxy groups -OCH3 is 1. The molecule has 5 heteroatoms. The van der Waals surface area contributed by atoms with Gasteiger partial charge >= 0.3 is 5.97 Å². The van der Waals surface area contributed by atoms with Gasteiger partial charge in [-0.05, 0) is 12.6 Å². The molecular weight excluding hydrogens is 268 g/mol. The SMILES string of the molecule is COCC(CC(=O)O)(c1ccccc1)N1CCN(C)CC1. The Morgan fingerprint density at radius 3 is 2.38 bits per heavy atom. The lowest BCUT2D eigenvalue weighted by atomic mass is 9.84. The van der Waals surface area contributed by atoms with Gasteiger partial charge in [0.15, 0.2) is 0 Å². The first kappa shape index (κ1) is 15.9. The maximum absolute atomic E-state index is 11.5. The van der Waals surface area contributed by atoms with Gasteiger partial charge in [0, 0.05) is 33.3 Å². The van der Waals surface area contributed by atoms with E-state index in [0.29, 0.717) is 6.61 Å². The number of hydrogen-bond acceptors (Lipinski definition) is 4. The van der Waals surface area contributed by atoms with Gasteiger partial charge in [0.25, 0.3) is 0 Å². The summed E-state index contributed by atoms with van der Waals surface area (Å²) < 4.78 is 5.42. The van der Waals surface area contributed by atoms with E-state index in [2.05, 4.69) is 16.8 Å². The van der Waals surface area contributed by atoms with Gasteiger partial charge in [-0.3, -0.25) is 9.69 Å². The van der Waals surface area contributed by atoms with Gasteiger partial charge in [-0.1, -0.05) is 30.3 Å². The number of carbonyl (C=O) groups is 1. The van der Waals surface area contributed by atoms with Crippen molar-refractivity contribution in [1.29, 1.82) is 0 Å². The van der Waals surface area contributed by atoms with E-state index in [1.54, 1.807) is 7.11 Å². The largest absolute Gasteiger partial charge is 0.481 e. The van der Waals surface area contributed by atoms with E-state index >= 15 is 0 Å². The number of piperazine rings is 1. The van der Waals surface area contributed by atoms with Crippen LogP contribution in [0.15, 0.2) is 30.3 Å². The standard InChI is InChI=1S/C16H24N2O3/c1-17-8-10-18(11-9-17)16(13-21-2,12-15(19)20)14-6-4-3-5-7-14/h3-7H,8-13H2,1-2H3,(H,19,20). The molecular formula is C16H24N2O3. The molecule has 116 valence electrons. The summed E-state index contributed by atoms with van der Waals surface area (Å²) in [4.78, 5) is 16.0. The topological polar surface area (TPSA) is 53.0 Å². The molecule has 1 aromatic carbocycles. The van der Waals surface area contributed by atoms with Crippen LogP contribution in [0.4, 0.5) is 0 Å². The van der Waals surface area contributed by atoms with E-state index < -0.39 is 11.5 Å². The van der Waals surface area contributed by atoms with Crippen LogP contribution in [0.25, 0.3) is 0 Å². The van der Waals surface area contributed by atoms with Crippen molar-refractivity contribution in [1.82, 2.24) is 9.80 Å². The summed E-state index contributed by atoms with van der Waals surface area (Å²) in [5, 5.41) is 9.43. The minimum Gasteiger partial charge on any atom is -0.481 e. The van der Waals surface area contributed by atoms with Crippen molar-refractivity contribution in [3.05, 3.63) is 35.9 Å². The minimum absolute atomic E-state index is 0.0502. The lowest BCUT2D eigenvalue weighted by Crippen LogP contribution is -2.57. The molecule has 0 bridgehead atoms. The summed E-state index contributed by atoms with van der Waals surface area (Å²) in [6.07, 6.45) is 0.0502. The molecule has 1 aromatic rings. The lowest BCUT2D eigenvalue weighted by Gasteiger charge is -2.46. The zero-order chi connectivity index (χ0) is 15.3. The fourth-order valence-electron chi connectivity index (χ4n) is 3.09. The van der Waals surface area contributed by atoms with Crippen LogP contribution in [0.2, 0.25) is 0 Å². The number of benzene rings is 1. The predicted molar refractivity (Wildman–Crippen MR) is 81.3 cm³/mol. The maximum Gasteiger partial charge on any atom is 0.305 e. The van der Waals surface area contributed by atoms with Gasteiger partial charge in [-0.2, -0.15) is 0 Å². The molecule has 2 rings (SSSR count). The summed E-state index contributed by atoms with van der Waals surface area (Å²) in [5.41, 5.74) is 0.419. The molecule has 0 saturated carbocycles. The highest BCUT2D eigenvalue weighted by Gasteiger charge is 2.41. The number of hydrogen-bond donors (Lipinski definition) is 1. The third kappa shape index (κ3) is 3.61. The van der Waals surface area contributed by atoms with Crippen LogP contribution in [0.5, 0.6) is 0 Å². The van der Waals surface area contributed by atoms with Crippen molar-refractivity contribution < 1.29 is 14.6 Å². The van der Waals surface area contributed by atoms with Crippen molar-refractivity contribution in [2.75, 3.05) is 46.9 Å². The molecule has 5 nitrogen and oxygen atoms in total. The Hall–Kier alpha value is -1.43. The Morgan fingerprint density at radius 2 is 1.86 bits per heavy atom. The molecule has 1 heterocycles. The molecule has 1 aliphatic heterocycles. The van der Waals surface area contributed by atoms with Gasteiger partial charge in [0.1, 0.15) is 0 Å². The molecule has 0 amide bonds. The molecule has 0 spiro atoms. The van der Waals surface area contributed by atoms with E-state index in [-0.39, 0.29) is 6.42 Å². The van der Waals surface area contributed by atoms with Crippen LogP contribution in [-0.4, -0.2) is 67.8 Å². The highest BCUT2D eigenvalue weighted by atomic mass is 16.5. The fourth-order valence-corrected chi connectivity index (χ4v) is 3.09. The van der Waals surface area contributed by atoms with Gasteiger partial charge in [0.05, 0.1) is 18.6 Å². The van der Waals surface area contributed by atoms with E-state index in [1.807, 2.05) is 30.3 Å². The third-order valence-electron chi connectivity index (χ3n) is 4.25. The number of carboxylic acids is 1. The van der Waals surface area contributed by atoms with Gasteiger partial charge in [-0.25, -0.2) is 0 Å². The average Bonchev–Trinajstić information content (AvgIpc) is 2.48. The van der Waals surface area contributed by atoms with E-state index in [9.17, 15) is 9.90 Å². The molecule has 1 unspecified atom stereocenters. The second-order valence-corrected chi connectivity index (χ2v) is 5.69. The smallest absolute Gasteiger partial charge is 0.305 e. The van der Waals surface area contributed by atoms with Crippen molar-refractivity contribution in [3.8, 4) is 0 Å². The van der Waals surface area contributed by atoms with Crippen molar-refractivity contribution in [3.63, 3.8) is 0 Å². The monoisotopic (exact) mass is 292 g/mol. The molecule has 0 radical (unpaired) electrons. The quantitative estimate of drug-likeness (QED) is 0.855. The molecule has 1 aliphatic rings. The van der Waals surface area contributed by atoms with Gasteiger partial charge < -0.3 is 14.7 Å². The highest BCUT2D eigenvalue weighted by molar-refractivity contribution is 5.69. The summed E-state index contributed by atoms with van der Waals surface area (Å²) in [5.74, 6) is -0.796. The lowest BCUT2D eigenvalue weighted by molar-refractivity contribution is -0.143. The van der Waals surface area contributed by atoms with Crippen LogP contribution in [-0.2, 0) is 15.1 Å². The zero-order valence-electron chi connectivity index (χ0n) is 12.8. The zero-order valence-corrected chi connectivity index (χ0v) is 12.8. The highest BCUT2D eigenvalue weighted by Crippen LogP contribution is 2.33. The van der Waals surface area contributed by atoms with Crippen LogP contribution in [0, 0.1) is 0 Å². The number of nitrogens with zero attached hydrogens (tertiary/aromatic N) is 2. The first-order chi connectivity index (χ1) is 10.1. The number of likely N-dealkylation sites (N-methyl/N-ethyl adjacent to an activating group) is 1. The number of ether oxygens (including phenoxy) is 1. The van der Waals surface area contributed by atoms with Crippen molar-refractivity contribution in [2.24, 2.45) is 0 Å². The van der Waals surface area contributed by atoms with Crippen LogP contribution < -0.4 is 0 Å². The maximum atomic E-state index is 11.5. The Labute approximate surface area is 126 Å². The molecule has 0 aromatic heterocycles. The van der Waals surface area contributed by atoms with Crippen LogP contribution >= 0.6 is 0 Å². The van der Waals surface area contributed by atoms with E-state index in [0.717, 1.165) is 31.7 Å². The molecule has 0 aliphatic carbocycles. The van der Waals surface area contributed by atoms with Gasteiger partial charge in [0.2, 0.25) is 0 Å². The van der Waals surface area contributed by atoms with E-state index in [1.165, 1.54) is 0 Å². The summed E-state index contributed by atoms with van der Waals surface area (Å²) in [7, 11) is 3.73. The number of carboxylic acid groups (broad SMARTS) is 1. The Kier molecular flexibility index (Phi) is 5.33. The average molecular weight is 292 g/mol. The first-order valence-electron chi connectivity index (χ1n) is 7.28. The second-order valence-electron chi connectivity index (χ2n) is 5.69. The summed E-state index contributed by atoms with van der Waals surface area (Å²) >= 11 is 0. The van der Waals surface area contributed by atoms with Crippen molar-refractivity contribution in [2.45, 2.75) is 12.0 Å². The molecule has 1 N–H and O–H groups in total. The fraction of sp³-hybridized carbons (Fsp3) is 0.562. The normalized spacial score (nSPS) is 20.1. The minimum atomic E-state index is -0.796. The van der Waals surface area contributed by atoms with Crippen LogP contribution in [0.3, 0.4) is 0 Å². The molecule has 1 atom stereocenters. The van der Waals surface area contributed by atoms with E-state index in [4.69, 9.17) is 4.74 Å². The Morgan fingerprint density at radius 1 is 1.24 bits per heavy atom. The summed E-state index contributed by atoms with van der Waals surface area (Å²) in [6.45, 7) is 3.97. The third-order valence-corrected chi connectivity index (χ3v) is 4.25. The van der Waals surface area contributed by atoms with Crippen molar-refractivity contribution >= 4 is 5.97 Å². The first-order valence-corrected chi connectivity index (χ1v) is 7.28. The Bertz CT molecular complexity index is 458. The number of aliphatic carboxylic acids is 1. The molecule has 1 saturated heterocycles. The Balaban J connectivity index is 2.37. The summed E-state index contributed by atoms with van der Waals surface area (Å²) in [6, 6.07) is 9.86. The molecule has 1 fully saturated rings. The predicted octanol–water partition coefficient (Wildman–Crippen LogP) is 1.25. The molecule has 21 heavy (non-hydrogen) atoms.